The first-order valence-electron chi connectivity index (χ1n) is 7.02. The number of nitro benzene ring substituents is 1. The van der Waals surface area contributed by atoms with Gasteiger partial charge in [0.25, 0.3) is 5.69 Å². The maximum atomic E-state index is 11.1. The Morgan fingerprint density at radius 2 is 1.83 bits per heavy atom. The molecular weight excluding hydrogens is 312 g/mol. The molecule has 0 radical (unpaired) electrons. The van der Waals surface area contributed by atoms with Gasteiger partial charge in [-0.1, -0.05) is 12.1 Å². The van der Waals surface area contributed by atoms with Crippen molar-refractivity contribution in [2.75, 3.05) is 14.2 Å². The Hall–Kier alpha value is -3.42. The fourth-order valence-electron chi connectivity index (χ4n) is 2.32. The third-order valence-electron chi connectivity index (χ3n) is 3.48. The van der Waals surface area contributed by atoms with Gasteiger partial charge in [-0.05, 0) is 24.3 Å². The van der Waals surface area contributed by atoms with Crippen molar-refractivity contribution < 1.29 is 14.4 Å². The maximum absolute atomic E-state index is 11.1. The number of nitrogens with zero attached hydrogens (tertiary/aromatic N) is 3. The summed E-state index contributed by atoms with van der Waals surface area (Å²) in [5, 5.41) is 18.0. The highest BCUT2D eigenvalue weighted by atomic mass is 16.6. The fraction of sp³-hybridized carbons (Fsp3) is 0.125. The molecule has 0 unspecified atom stereocenters. The summed E-state index contributed by atoms with van der Waals surface area (Å²) >= 11 is 0. The molecule has 8 nitrogen and oxygen atoms in total. The number of aromatic amines is 1. The number of rotatable bonds is 5. The molecule has 1 heterocycles. The van der Waals surface area contributed by atoms with Gasteiger partial charge in [-0.2, -0.15) is 5.10 Å². The molecule has 2 aromatic carbocycles. The predicted molar refractivity (Wildman–Crippen MR) is 87.0 cm³/mol. The number of para-hydroxylation sites is 1. The Morgan fingerprint density at radius 3 is 2.54 bits per heavy atom. The third kappa shape index (κ3) is 2.76. The van der Waals surface area contributed by atoms with E-state index < -0.39 is 4.92 Å². The van der Waals surface area contributed by atoms with Crippen molar-refractivity contribution in [1.82, 2.24) is 15.2 Å². The molecule has 0 spiro atoms. The van der Waals surface area contributed by atoms with Crippen LogP contribution in [0.25, 0.3) is 22.8 Å². The highest BCUT2D eigenvalue weighted by Crippen LogP contribution is 2.32. The average Bonchev–Trinajstić information content (AvgIpc) is 3.11. The van der Waals surface area contributed by atoms with Crippen molar-refractivity contribution in [1.29, 1.82) is 0 Å². The molecule has 0 amide bonds. The quantitative estimate of drug-likeness (QED) is 0.571. The summed E-state index contributed by atoms with van der Waals surface area (Å²) in [4.78, 5) is 15.0. The minimum atomic E-state index is -0.450. The van der Waals surface area contributed by atoms with Gasteiger partial charge in [0.1, 0.15) is 0 Å². The normalized spacial score (nSPS) is 10.4. The van der Waals surface area contributed by atoms with Crippen LogP contribution in [-0.4, -0.2) is 34.3 Å². The molecule has 0 aliphatic carbocycles. The molecule has 0 bridgehead atoms. The Bertz CT molecular complexity index is 891. The Morgan fingerprint density at radius 1 is 1.08 bits per heavy atom. The van der Waals surface area contributed by atoms with E-state index in [0.29, 0.717) is 34.3 Å². The van der Waals surface area contributed by atoms with Gasteiger partial charge in [-0.25, -0.2) is 4.98 Å². The Balaban J connectivity index is 2.02. The van der Waals surface area contributed by atoms with Crippen molar-refractivity contribution in [3.05, 3.63) is 52.6 Å². The van der Waals surface area contributed by atoms with Crippen LogP contribution in [0.1, 0.15) is 0 Å². The fourth-order valence-corrected chi connectivity index (χ4v) is 2.32. The zero-order valence-corrected chi connectivity index (χ0v) is 13.0. The molecule has 24 heavy (non-hydrogen) atoms. The van der Waals surface area contributed by atoms with Crippen LogP contribution in [0.2, 0.25) is 0 Å². The zero-order chi connectivity index (χ0) is 17.1. The molecule has 0 saturated heterocycles. The number of H-pyrrole nitrogens is 1. The van der Waals surface area contributed by atoms with E-state index in [1.807, 2.05) is 0 Å². The van der Waals surface area contributed by atoms with Gasteiger partial charge in [-0.3, -0.25) is 15.2 Å². The van der Waals surface area contributed by atoms with Gasteiger partial charge in [0.2, 0.25) is 0 Å². The first-order chi connectivity index (χ1) is 11.6. The molecule has 122 valence electrons. The molecule has 0 fully saturated rings. The molecule has 1 aromatic heterocycles. The summed E-state index contributed by atoms with van der Waals surface area (Å²) in [6.45, 7) is 0. The molecule has 0 saturated carbocycles. The van der Waals surface area contributed by atoms with E-state index in [1.165, 1.54) is 6.07 Å². The van der Waals surface area contributed by atoms with Gasteiger partial charge in [0.05, 0.1) is 24.7 Å². The highest BCUT2D eigenvalue weighted by Gasteiger charge is 2.18. The lowest BCUT2D eigenvalue weighted by Gasteiger charge is -2.07. The SMILES string of the molecule is COc1ccc(-c2n[nH]c(-c3ccccc3[N+](=O)[O-])n2)cc1OC. The Labute approximate surface area is 137 Å². The van der Waals surface area contributed by atoms with Crippen molar-refractivity contribution in [3.63, 3.8) is 0 Å². The van der Waals surface area contributed by atoms with Crippen LogP contribution in [0, 0.1) is 10.1 Å². The maximum Gasteiger partial charge on any atom is 0.280 e. The van der Waals surface area contributed by atoms with Crippen molar-refractivity contribution in [2.24, 2.45) is 0 Å². The molecule has 1 N–H and O–H groups in total. The second-order valence-corrected chi connectivity index (χ2v) is 4.85. The molecular formula is C16H14N4O4. The third-order valence-corrected chi connectivity index (χ3v) is 3.48. The number of nitro groups is 1. The van der Waals surface area contributed by atoms with E-state index in [-0.39, 0.29) is 5.69 Å². The summed E-state index contributed by atoms with van der Waals surface area (Å²) in [5.41, 5.74) is 1.04. The summed E-state index contributed by atoms with van der Waals surface area (Å²) in [6, 6.07) is 11.6. The van der Waals surface area contributed by atoms with Gasteiger partial charge in [-0.15, -0.1) is 0 Å². The summed E-state index contributed by atoms with van der Waals surface area (Å²) in [5.74, 6) is 1.87. The number of nitrogens with one attached hydrogen (secondary N) is 1. The van der Waals surface area contributed by atoms with Crippen LogP contribution in [0.3, 0.4) is 0 Å². The lowest BCUT2D eigenvalue weighted by molar-refractivity contribution is -0.384. The lowest BCUT2D eigenvalue weighted by atomic mass is 10.1. The van der Waals surface area contributed by atoms with Crippen LogP contribution in [0.5, 0.6) is 11.5 Å². The van der Waals surface area contributed by atoms with E-state index in [9.17, 15) is 10.1 Å². The average molecular weight is 326 g/mol. The zero-order valence-electron chi connectivity index (χ0n) is 13.0. The minimum Gasteiger partial charge on any atom is -0.493 e. The van der Waals surface area contributed by atoms with Crippen molar-refractivity contribution >= 4 is 5.69 Å². The second-order valence-electron chi connectivity index (χ2n) is 4.85. The molecule has 8 heteroatoms. The molecule has 0 aliphatic heterocycles. The van der Waals surface area contributed by atoms with Crippen LogP contribution < -0.4 is 9.47 Å². The van der Waals surface area contributed by atoms with Gasteiger partial charge >= 0.3 is 0 Å². The van der Waals surface area contributed by atoms with Gasteiger partial charge in [0, 0.05) is 11.6 Å². The second kappa shape index (κ2) is 6.37. The van der Waals surface area contributed by atoms with E-state index in [0.717, 1.165) is 0 Å². The first kappa shape index (κ1) is 15.5. The smallest absolute Gasteiger partial charge is 0.280 e. The standard InChI is InChI=1S/C16H14N4O4/c1-23-13-8-7-10(9-14(13)24-2)15-17-16(19-18-15)11-5-3-4-6-12(11)20(21)22/h3-9H,1-2H3,(H,17,18,19). The molecule has 3 aromatic rings. The number of hydrogen-bond acceptors (Lipinski definition) is 6. The molecule has 3 rings (SSSR count). The van der Waals surface area contributed by atoms with Crippen LogP contribution in [0.4, 0.5) is 5.69 Å². The monoisotopic (exact) mass is 326 g/mol. The topological polar surface area (TPSA) is 103 Å². The van der Waals surface area contributed by atoms with Crippen LogP contribution in [0.15, 0.2) is 42.5 Å². The number of benzene rings is 2. The number of ether oxygens (including phenoxy) is 2. The number of aromatic nitrogens is 3. The number of hydrogen-bond donors (Lipinski definition) is 1. The highest BCUT2D eigenvalue weighted by molar-refractivity contribution is 5.70. The van der Waals surface area contributed by atoms with Crippen LogP contribution in [-0.2, 0) is 0 Å². The van der Waals surface area contributed by atoms with Crippen LogP contribution >= 0.6 is 0 Å². The van der Waals surface area contributed by atoms with Crippen molar-refractivity contribution in [3.8, 4) is 34.3 Å². The van der Waals surface area contributed by atoms with E-state index in [1.54, 1.807) is 50.6 Å². The summed E-state index contributed by atoms with van der Waals surface area (Å²) in [6.07, 6.45) is 0. The molecule has 0 atom stereocenters. The largest absolute Gasteiger partial charge is 0.493 e. The van der Waals surface area contributed by atoms with E-state index in [4.69, 9.17) is 9.47 Å². The Kier molecular flexibility index (Phi) is 4.11. The predicted octanol–water partition coefficient (Wildman–Crippen LogP) is 3.06. The lowest BCUT2D eigenvalue weighted by Crippen LogP contribution is -1.93. The summed E-state index contributed by atoms with van der Waals surface area (Å²) in [7, 11) is 3.09. The number of methoxy groups -OCH3 is 2. The minimum absolute atomic E-state index is 0.0347. The van der Waals surface area contributed by atoms with E-state index >= 15 is 0 Å². The van der Waals surface area contributed by atoms with Gasteiger partial charge in [0.15, 0.2) is 23.1 Å². The first-order valence-corrected chi connectivity index (χ1v) is 7.02. The van der Waals surface area contributed by atoms with Gasteiger partial charge < -0.3 is 9.47 Å². The van der Waals surface area contributed by atoms with E-state index in [2.05, 4.69) is 15.2 Å². The summed E-state index contributed by atoms with van der Waals surface area (Å²) < 4.78 is 10.5. The molecule has 0 aliphatic rings. The van der Waals surface area contributed by atoms with Crippen molar-refractivity contribution in [2.45, 2.75) is 0 Å².